The third-order valence-corrected chi connectivity index (χ3v) is 5.66. The molecule has 0 unspecified atom stereocenters. The minimum atomic E-state index is -3.66. The standard InChI is InChI=1S/C11H10FIN2O2S2/c12-7-1-2-11(10(13)3-7)15-19(16,17)9-4-8(5-14)18-6-9/h1-4,6,15H,5,14H2. The van der Waals surface area contributed by atoms with Crippen LogP contribution in [0.4, 0.5) is 10.1 Å². The van der Waals surface area contributed by atoms with Gasteiger partial charge in [0.1, 0.15) is 5.82 Å². The molecule has 2 rings (SSSR count). The highest BCUT2D eigenvalue weighted by molar-refractivity contribution is 14.1. The molecule has 0 atom stereocenters. The molecular formula is C11H10FIN2O2S2. The smallest absolute Gasteiger partial charge is 0.262 e. The van der Waals surface area contributed by atoms with E-state index in [0.29, 0.717) is 15.8 Å². The Morgan fingerprint density at radius 2 is 2.11 bits per heavy atom. The van der Waals surface area contributed by atoms with Gasteiger partial charge in [0.15, 0.2) is 0 Å². The Labute approximate surface area is 128 Å². The molecule has 1 aromatic heterocycles. The fourth-order valence-corrected chi connectivity index (χ4v) is 4.41. The summed E-state index contributed by atoms with van der Waals surface area (Å²) in [6.45, 7) is 0.300. The first-order valence-corrected chi connectivity index (χ1v) is 8.62. The molecule has 0 amide bonds. The van der Waals surface area contributed by atoms with Crippen LogP contribution in [0.3, 0.4) is 0 Å². The Balaban J connectivity index is 2.30. The van der Waals surface area contributed by atoms with Gasteiger partial charge in [0.05, 0.1) is 10.6 Å². The lowest BCUT2D eigenvalue weighted by Gasteiger charge is -2.08. The first kappa shape index (κ1) is 14.7. The van der Waals surface area contributed by atoms with Crippen molar-refractivity contribution in [3.8, 4) is 0 Å². The summed E-state index contributed by atoms with van der Waals surface area (Å²) >= 11 is 3.16. The number of thiophene rings is 1. The van der Waals surface area contributed by atoms with Gasteiger partial charge in [0.2, 0.25) is 0 Å². The van der Waals surface area contributed by atoms with Crippen molar-refractivity contribution in [3.63, 3.8) is 0 Å². The number of rotatable bonds is 4. The van der Waals surface area contributed by atoms with Gasteiger partial charge >= 0.3 is 0 Å². The predicted molar refractivity (Wildman–Crippen MR) is 82.1 cm³/mol. The van der Waals surface area contributed by atoms with Crippen molar-refractivity contribution in [2.75, 3.05) is 4.72 Å². The molecule has 4 nitrogen and oxygen atoms in total. The fraction of sp³-hybridized carbons (Fsp3) is 0.0909. The maximum Gasteiger partial charge on any atom is 0.262 e. The molecule has 0 aliphatic carbocycles. The minimum absolute atomic E-state index is 0.165. The molecular weight excluding hydrogens is 402 g/mol. The van der Waals surface area contributed by atoms with Gasteiger partial charge in [-0.3, -0.25) is 4.72 Å². The Kier molecular flexibility index (Phi) is 4.43. The lowest BCUT2D eigenvalue weighted by Crippen LogP contribution is -2.13. The number of hydrogen-bond acceptors (Lipinski definition) is 4. The molecule has 0 fully saturated rings. The highest BCUT2D eigenvalue weighted by Crippen LogP contribution is 2.25. The summed E-state index contributed by atoms with van der Waals surface area (Å²) in [5, 5.41) is 1.53. The Morgan fingerprint density at radius 1 is 1.37 bits per heavy atom. The number of nitrogens with two attached hydrogens (primary N) is 1. The number of sulfonamides is 1. The first-order valence-electron chi connectivity index (χ1n) is 5.18. The lowest BCUT2D eigenvalue weighted by molar-refractivity contribution is 0.601. The highest BCUT2D eigenvalue weighted by atomic mass is 127. The van der Waals surface area contributed by atoms with E-state index in [1.165, 1.54) is 41.0 Å². The molecule has 0 radical (unpaired) electrons. The van der Waals surface area contributed by atoms with E-state index >= 15 is 0 Å². The molecule has 3 N–H and O–H groups in total. The number of hydrogen-bond donors (Lipinski definition) is 2. The molecule has 0 saturated carbocycles. The molecule has 0 aliphatic heterocycles. The number of halogens is 2. The molecule has 0 spiro atoms. The van der Waals surface area contributed by atoms with Gasteiger partial charge < -0.3 is 5.73 Å². The van der Waals surface area contributed by atoms with Crippen LogP contribution in [0.5, 0.6) is 0 Å². The summed E-state index contributed by atoms with van der Waals surface area (Å²) in [5.74, 6) is -0.409. The largest absolute Gasteiger partial charge is 0.326 e. The van der Waals surface area contributed by atoms with Crippen molar-refractivity contribution < 1.29 is 12.8 Å². The van der Waals surface area contributed by atoms with Gasteiger partial charge in [-0.05, 0) is 46.9 Å². The van der Waals surface area contributed by atoms with Gasteiger partial charge in [-0.1, -0.05) is 0 Å². The van der Waals surface area contributed by atoms with Crippen molar-refractivity contribution in [2.45, 2.75) is 11.4 Å². The van der Waals surface area contributed by atoms with Crippen LogP contribution in [0.15, 0.2) is 34.5 Å². The molecule has 1 heterocycles. The lowest BCUT2D eigenvalue weighted by atomic mass is 10.3. The average Bonchev–Trinajstić information content (AvgIpc) is 2.82. The molecule has 8 heteroatoms. The van der Waals surface area contributed by atoms with Crippen molar-refractivity contribution in [3.05, 3.63) is 43.9 Å². The zero-order valence-electron chi connectivity index (χ0n) is 9.56. The fourth-order valence-electron chi connectivity index (χ4n) is 1.38. The molecule has 19 heavy (non-hydrogen) atoms. The summed E-state index contributed by atoms with van der Waals surface area (Å²) < 4.78 is 40.1. The zero-order valence-corrected chi connectivity index (χ0v) is 13.4. The Morgan fingerprint density at radius 3 is 2.68 bits per heavy atom. The van der Waals surface area contributed by atoms with Crippen LogP contribution in [0.25, 0.3) is 0 Å². The van der Waals surface area contributed by atoms with E-state index in [9.17, 15) is 12.8 Å². The van der Waals surface area contributed by atoms with Crippen LogP contribution in [-0.4, -0.2) is 8.42 Å². The Hall–Kier alpha value is -0.710. The topological polar surface area (TPSA) is 72.2 Å². The third kappa shape index (κ3) is 3.44. The maximum absolute atomic E-state index is 13.0. The molecule has 0 saturated heterocycles. The van der Waals surface area contributed by atoms with Gasteiger partial charge in [0, 0.05) is 20.4 Å². The number of benzene rings is 1. The van der Waals surface area contributed by atoms with E-state index in [-0.39, 0.29) is 4.90 Å². The highest BCUT2D eigenvalue weighted by Gasteiger charge is 2.17. The van der Waals surface area contributed by atoms with E-state index in [4.69, 9.17) is 5.73 Å². The van der Waals surface area contributed by atoms with Gasteiger partial charge in [-0.2, -0.15) is 0 Å². The Bertz CT molecular complexity index is 700. The summed E-state index contributed by atoms with van der Waals surface area (Å²) in [4.78, 5) is 0.951. The van der Waals surface area contributed by atoms with Crippen LogP contribution in [0.2, 0.25) is 0 Å². The van der Waals surface area contributed by atoms with Crippen LogP contribution >= 0.6 is 33.9 Å². The molecule has 2 aromatic rings. The normalized spacial score (nSPS) is 11.5. The van der Waals surface area contributed by atoms with E-state index in [1.54, 1.807) is 0 Å². The average molecular weight is 412 g/mol. The number of nitrogens with one attached hydrogen (secondary N) is 1. The van der Waals surface area contributed by atoms with E-state index in [2.05, 4.69) is 4.72 Å². The van der Waals surface area contributed by atoms with Crippen molar-refractivity contribution >= 4 is 49.6 Å². The third-order valence-electron chi connectivity index (χ3n) is 2.32. The van der Waals surface area contributed by atoms with E-state index < -0.39 is 15.8 Å². The monoisotopic (exact) mass is 412 g/mol. The summed E-state index contributed by atoms with van der Waals surface area (Å²) in [5.41, 5.74) is 5.80. The van der Waals surface area contributed by atoms with Crippen molar-refractivity contribution in [1.29, 1.82) is 0 Å². The second-order valence-electron chi connectivity index (χ2n) is 3.68. The van der Waals surface area contributed by atoms with E-state index in [1.807, 2.05) is 22.6 Å². The molecule has 0 bridgehead atoms. The summed E-state index contributed by atoms with van der Waals surface area (Å²) in [6, 6.07) is 5.39. The molecule has 1 aromatic carbocycles. The molecule has 102 valence electrons. The van der Waals surface area contributed by atoms with Crippen LogP contribution in [0, 0.1) is 9.39 Å². The maximum atomic E-state index is 13.0. The first-order chi connectivity index (χ1) is 8.92. The SMILES string of the molecule is NCc1cc(S(=O)(=O)Nc2ccc(F)cc2I)cs1. The zero-order chi connectivity index (χ0) is 14.0. The van der Waals surface area contributed by atoms with Crippen LogP contribution < -0.4 is 10.5 Å². The van der Waals surface area contributed by atoms with Crippen molar-refractivity contribution in [1.82, 2.24) is 0 Å². The van der Waals surface area contributed by atoms with Crippen molar-refractivity contribution in [2.24, 2.45) is 5.73 Å². The predicted octanol–water partition coefficient (Wildman–Crippen LogP) is 2.75. The number of anilines is 1. The van der Waals surface area contributed by atoms with Crippen LogP contribution in [-0.2, 0) is 16.6 Å². The van der Waals surface area contributed by atoms with E-state index in [0.717, 1.165) is 4.88 Å². The minimum Gasteiger partial charge on any atom is -0.326 e. The second kappa shape index (κ2) is 5.73. The molecule has 0 aliphatic rings. The van der Waals surface area contributed by atoms with Gasteiger partial charge in [0.25, 0.3) is 10.0 Å². The van der Waals surface area contributed by atoms with Gasteiger partial charge in [-0.25, -0.2) is 12.8 Å². The quantitative estimate of drug-likeness (QED) is 0.759. The second-order valence-corrected chi connectivity index (χ2v) is 7.52. The summed E-state index contributed by atoms with van der Waals surface area (Å²) in [7, 11) is -3.66. The van der Waals surface area contributed by atoms with Crippen LogP contribution in [0.1, 0.15) is 4.88 Å². The summed E-state index contributed by atoms with van der Waals surface area (Å²) in [6.07, 6.45) is 0. The van der Waals surface area contributed by atoms with Gasteiger partial charge in [-0.15, -0.1) is 11.3 Å².